The molecule has 0 aromatic heterocycles. The molecule has 1 fully saturated rings. The normalized spacial score (nSPS) is 22.3. The number of nitrogens with zero attached hydrogens (tertiary/aromatic N) is 1. The molecule has 0 aliphatic carbocycles. The molecule has 3 rings (SSSR count). The molecule has 3 N–H and O–H groups in total. The SMILES string of the molecule is OC[C@H]1[C@@H](O)[C@H](O)CCN1CCCCCOCc1ccc(-c2ccccc2)cc1F. The van der Waals surface area contributed by atoms with Gasteiger partial charge in [-0.05, 0) is 49.4 Å². The van der Waals surface area contributed by atoms with Crippen molar-refractivity contribution in [2.75, 3.05) is 26.3 Å². The molecule has 0 spiro atoms. The molecule has 164 valence electrons. The first-order chi connectivity index (χ1) is 14.6. The summed E-state index contributed by atoms with van der Waals surface area (Å²) < 4.78 is 20.0. The molecule has 1 saturated heterocycles. The Morgan fingerprint density at radius 1 is 1.00 bits per heavy atom. The predicted molar refractivity (Wildman–Crippen MR) is 114 cm³/mol. The largest absolute Gasteiger partial charge is 0.395 e. The lowest BCUT2D eigenvalue weighted by atomic mass is 9.96. The molecule has 1 aliphatic heterocycles. The molecule has 1 heterocycles. The lowest BCUT2D eigenvalue weighted by Gasteiger charge is -2.40. The molecule has 2 aromatic carbocycles. The van der Waals surface area contributed by atoms with Gasteiger partial charge in [0.2, 0.25) is 0 Å². The molecule has 0 unspecified atom stereocenters. The fourth-order valence-corrected chi connectivity index (χ4v) is 3.96. The third-order valence-electron chi connectivity index (χ3n) is 5.81. The van der Waals surface area contributed by atoms with E-state index in [1.165, 1.54) is 0 Å². The van der Waals surface area contributed by atoms with Gasteiger partial charge in [0.05, 0.1) is 31.5 Å². The molecule has 0 radical (unpaired) electrons. The molecule has 0 amide bonds. The van der Waals surface area contributed by atoms with Gasteiger partial charge >= 0.3 is 0 Å². The van der Waals surface area contributed by atoms with Gasteiger partial charge in [-0.3, -0.25) is 4.90 Å². The van der Waals surface area contributed by atoms with E-state index in [1.807, 2.05) is 41.3 Å². The van der Waals surface area contributed by atoms with Crippen molar-refractivity contribution < 1.29 is 24.4 Å². The van der Waals surface area contributed by atoms with Crippen LogP contribution in [0.2, 0.25) is 0 Å². The molecule has 2 aromatic rings. The average molecular weight is 418 g/mol. The quantitative estimate of drug-likeness (QED) is 0.519. The van der Waals surface area contributed by atoms with Gasteiger partial charge in [0, 0.05) is 18.7 Å². The minimum Gasteiger partial charge on any atom is -0.395 e. The van der Waals surface area contributed by atoms with Crippen LogP contribution in [-0.4, -0.2) is 64.8 Å². The summed E-state index contributed by atoms with van der Waals surface area (Å²) in [5.74, 6) is -0.253. The second-order valence-electron chi connectivity index (χ2n) is 7.92. The van der Waals surface area contributed by atoms with Gasteiger partial charge < -0.3 is 20.1 Å². The fraction of sp³-hybridized carbons (Fsp3) is 0.500. The Balaban J connectivity index is 1.34. The Bertz CT molecular complexity index is 773. The summed E-state index contributed by atoms with van der Waals surface area (Å²) in [5.41, 5.74) is 2.40. The van der Waals surface area contributed by atoms with Crippen molar-refractivity contribution >= 4 is 0 Å². The third kappa shape index (κ3) is 6.09. The van der Waals surface area contributed by atoms with E-state index in [2.05, 4.69) is 0 Å². The van der Waals surface area contributed by atoms with E-state index in [-0.39, 0.29) is 19.0 Å². The van der Waals surface area contributed by atoms with Crippen molar-refractivity contribution in [2.24, 2.45) is 0 Å². The van der Waals surface area contributed by atoms with E-state index in [0.29, 0.717) is 25.1 Å². The van der Waals surface area contributed by atoms with Gasteiger partial charge in [0.15, 0.2) is 0 Å². The number of rotatable bonds is 10. The van der Waals surface area contributed by atoms with Crippen LogP contribution in [0.25, 0.3) is 11.1 Å². The number of hydrogen-bond donors (Lipinski definition) is 3. The summed E-state index contributed by atoms with van der Waals surface area (Å²) in [6.45, 7) is 2.10. The maximum atomic E-state index is 14.4. The number of hydrogen-bond acceptors (Lipinski definition) is 5. The predicted octanol–water partition coefficient (Wildman–Crippen LogP) is 2.97. The fourth-order valence-electron chi connectivity index (χ4n) is 3.96. The molecule has 30 heavy (non-hydrogen) atoms. The van der Waals surface area contributed by atoms with Crippen LogP contribution in [0.1, 0.15) is 31.2 Å². The van der Waals surface area contributed by atoms with E-state index in [0.717, 1.165) is 36.9 Å². The van der Waals surface area contributed by atoms with E-state index >= 15 is 0 Å². The minimum absolute atomic E-state index is 0.157. The van der Waals surface area contributed by atoms with E-state index in [9.17, 15) is 19.7 Å². The van der Waals surface area contributed by atoms with Crippen LogP contribution in [0.5, 0.6) is 0 Å². The summed E-state index contributed by atoms with van der Waals surface area (Å²) in [7, 11) is 0. The van der Waals surface area contributed by atoms with Gasteiger partial charge in [-0.25, -0.2) is 4.39 Å². The number of benzene rings is 2. The van der Waals surface area contributed by atoms with E-state index in [1.54, 1.807) is 12.1 Å². The summed E-state index contributed by atoms with van der Waals surface area (Å²) in [6, 6.07) is 14.6. The minimum atomic E-state index is -0.893. The molecule has 3 atom stereocenters. The van der Waals surface area contributed by atoms with Crippen LogP contribution in [0.4, 0.5) is 4.39 Å². The zero-order chi connectivity index (χ0) is 21.3. The topological polar surface area (TPSA) is 73.2 Å². The highest BCUT2D eigenvalue weighted by Gasteiger charge is 2.34. The zero-order valence-electron chi connectivity index (χ0n) is 17.3. The number of piperidine rings is 1. The summed E-state index contributed by atoms with van der Waals surface area (Å²) in [4.78, 5) is 2.04. The van der Waals surface area contributed by atoms with Crippen molar-refractivity contribution in [1.29, 1.82) is 0 Å². The Kier molecular flexibility index (Phi) is 8.78. The molecule has 6 heteroatoms. The maximum absolute atomic E-state index is 14.4. The van der Waals surface area contributed by atoms with Crippen LogP contribution in [0.15, 0.2) is 48.5 Å². The van der Waals surface area contributed by atoms with Gasteiger partial charge in [0.25, 0.3) is 0 Å². The Labute approximate surface area is 177 Å². The van der Waals surface area contributed by atoms with Gasteiger partial charge in [-0.1, -0.05) is 42.5 Å². The maximum Gasteiger partial charge on any atom is 0.129 e. The van der Waals surface area contributed by atoms with Crippen molar-refractivity contribution in [2.45, 2.75) is 50.5 Å². The van der Waals surface area contributed by atoms with Crippen LogP contribution >= 0.6 is 0 Å². The second kappa shape index (κ2) is 11.5. The molecule has 0 saturated carbocycles. The number of unbranched alkanes of at least 4 members (excludes halogenated alkanes) is 2. The van der Waals surface area contributed by atoms with Gasteiger partial charge in [0.1, 0.15) is 5.82 Å². The van der Waals surface area contributed by atoms with Crippen LogP contribution < -0.4 is 0 Å². The van der Waals surface area contributed by atoms with Crippen molar-refractivity contribution in [3.63, 3.8) is 0 Å². The zero-order valence-corrected chi connectivity index (χ0v) is 17.3. The van der Waals surface area contributed by atoms with Crippen LogP contribution in [0, 0.1) is 5.82 Å². The molecule has 1 aliphatic rings. The third-order valence-corrected chi connectivity index (χ3v) is 5.81. The number of halogens is 1. The van der Waals surface area contributed by atoms with Crippen molar-refractivity contribution in [1.82, 2.24) is 4.90 Å². The number of aliphatic hydroxyl groups is 3. The highest BCUT2D eigenvalue weighted by molar-refractivity contribution is 5.63. The van der Waals surface area contributed by atoms with Gasteiger partial charge in [-0.15, -0.1) is 0 Å². The van der Waals surface area contributed by atoms with Crippen LogP contribution in [-0.2, 0) is 11.3 Å². The highest BCUT2D eigenvalue weighted by Crippen LogP contribution is 2.22. The van der Waals surface area contributed by atoms with Crippen LogP contribution in [0.3, 0.4) is 0 Å². The Morgan fingerprint density at radius 2 is 1.80 bits per heavy atom. The lowest BCUT2D eigenvalue weighted by molar-refractivity contribution is -0.0897. The average Bonchev–Trinajstić information content (AvgIpc) is 2.77. The summed E-state index contributed by atoms with van der Waals surface area (Å²) in [6.07, 6.45) is 1.61. The first kappa shape index (κ1) is 22.8. The van der Waals surface area contributed by atoms with Crippen molar-refractivity contribution in [3.8, 4) is 11.1 Å². The van der Waals surface area contributed by atoms with E-state index < -0.39 is 18.2 Å². The Hall–Kier alpha value is -1.83. The highest BCUT2D eigenvalue weighted by atomic mass is 19.1. The van der Waals surface area contributed by atoms with Crippen molar-refractivity contribution in [3.05, 3.63) is 59.9 Å². The lowest BCUT2D eigenvalue weighted by Crippen LogP contribution is -2.56. The summed E-state index contributed by atoms with van der Waals surface area (Å²) >= 11 is 0. The molecule has 0 bridgehead atoms. The molecular weight excluding hydrogens is 385 g/mol. The number of likely N-dealkylation sites (tertiary alicyclic amines) is 1. The smallest absolute Gasteiger partial charge is 0.129 e. The number of aliphatic hydroxyl groups excluding tert-OH is 3. The number of ether oxygens (including phenoxy) is 1. The summed E-state index contributed by atoms with van der Waals surface area (Å²) in [5, 5.41) is 29.2. The first-order valence-corrected chi connectivity index (χ1v) is 10.7. The standard InChI is InChI=1S/C24H32FNO4/c25-21-15-19(18-7-3-1-4-8-18)9-10-20(21)17-30-14-6-2-5-12-26-13-11-23(28)24(29)22(26)16-27/h1,3-4,7-10,15,22-24,27-29H,2,5-6,11-14,16-17H2/t22-,23+,24+/m0/s1. The molecule has 5 nitrogen and oxygen atoms in total. The second-order valence-corrected chi connectivity index (χ2v) is 7.92. The Morgan fingerprint density at radius 3 is 2.53 bits per heavy atom. The molecular formula is C24H32FNO4. The van der Waals surface area contributed by atoms with E-state index in [4.69, 9.17) is 4.74 Å². The van der Waals surface area contributed by atoms with Gasteiger partial charge in [-0.2, -0.15) is 0 Å². The monoisotopic (exact) mass is 417 g/mol. The first-order valence-electron chi connectivity index (χ1n) is 10.7.